The molecule has 0 spiro atoms. The van der Waals surface area contributed by atoms with Crippen LogP contribution in [0, 0.1) is 0 Å². The summed E-state index contributed by atoms with van der Waals surface area (Å²) in [5.41, 5.74) is 0.988. The molecule has 0 heterocycles. The van der Waals surface area contributed by atoms with Gasteiger partial charge in [0.25, 0.3) is 0 Å². The first-order valence-corrected chi connectivity index (χ1v) is 6.64. The summed E-state index contributed by atoms with van der Waals surface area (Å²) < 4.78 is 0. The van der Waals surface area contributed by atoms with E-state index >= 15 is 0 Å². The van der Waals surface area contributed by atoms with Crippen molar-refractivity contribution in [2.24, 2.45) is 0 Å². The molecular formula is C16H16O6. The van der Waals surface area contributed by atoms with E-state index in [1.165, 1.54) is 18.2 Å². The maximum absolute atomic E-state index is 10.8. The van der Waals surface area contributed by atoms with Crippen LogP contribution in [0.15, 0.2) is 36.4 Å². The van der Waals surface area contributed by atoms with Gasteiger partial charge in [0, 0.05) is 24.0 Å². The van der Waals surface area contributed by atoms with Gasteiger partial charge in [-0.15, -0.1) is 0 Å². The van der Waals surface area contributed by atoms with Crippen LogP contribution < -0.4 is 0 Å². The van der Waals surface area contributed by atoms with Crippen molar-refractivity contribution in [3.8, 4) is 23.0 Å². The van der Waals surface area contributed by atoms with Crippen LogP contribution in [0.5, 0.6) is 23.0 Å². The van der Waals surface area contributed by atoms with Gasteiger partial charge in [0.15, 0.2) is 11.5 Å². The molecule has 6 nitrogen and oxygen atoms in total. The van der Waals surface area contributed by atoms with E-state index < -0.39 is 23.4 Å². The van der Waals surface area contributed by atoms with Crippen LogP contribution >= 0.6 is 0 Å². The predicted octanol–water partition coefficient (Wildman–Crippen LogP) is 2.51. The molecular weight excluding hydrogens is 288 g/mol. The molecule has 1 atom stereocenters. The Morgan fingerprint density at radius 2 is 1.50 bits per heavy atom. The SMILES string of the molecule is O=C(O)CCC(c1ccc(O)cc1)c1cc(O)c(O)cc1O. The molecule has 0 saturated carbocycles. The Hall–Kier alpha value is -2.89. The van der Waals surface area contributed by atoms with Crippen LogP contribution in [0.25, 0.3) is 0 Å². The van der Waals surface area contributed by atoms with Crippen LogP contribution in [0.1, 0.15) is 29.9 Å². The predicted molar refractivity (Wildman–Crippen MR) is 78.3 cm³/mol. The van der Waals surface area contributed by atoms with Gasteiger partial charge in [-0.25, -0.2) is 0 Å². The van der Waals surface area contributed by atoms with Gasteiger partial charge in [0.2, 0.25) is 0 Å². The fourth-order valence-electron chi connectivity index (χ4n) is 2.34. The summed E-state index contributed by atoms with van der Waals surface area (Å²) in [6.07, 6.45) is 0.0600. The van der Waals surface area contributed by atoms with Crippen molar-refractivity contribution in [3.05, 3.63) is 47.5 Å². The third-order valence-electron chi connectivity index (χ3n) is 3.44. The first-order chi connectivity index (χ1) is 10.4. The average molecular weight is 304 g/mol. The monoisotopic (exact) mass is 304 g/mol. The van der Waals surface area contributed by atoms with E-state index in [1.54, 1.807) is 12.1 Å². The molecule has 6 heteroatoms. The van der Waals surface area contributed by atoms with E-state index in [2.05, 4.69) is 0 Å². The first kappa shape index (κ1) is 15.5. The Bertz CT molecular complexity index is 678. The van der Waals surface area contributed by atoms with E-state index in [4.69, 9.17) is 5.11 Å². The molecule has 2 rings (SSSR count). The maximum Gasteiger partial charge on any atom is 0.303 e. The molecule has 0 aromatic heterocycles. The standard InChI is InChI=1S/C16H16O6/c17-10-3-1-9(2-4-10)11(5-6-16(21)22)12-7-14(19)15(20)8-13(12)18/h1-4,7-8,11,17-20H,5-6H2,(H,21,22). The lowest BCUT2D eigenvalue weighted by Gasteiger charge is -2.19. The molecule has 0 aliphatic carbocycles. The minimum atomic E-state index is -0.980. The summed E-state index contributed by atoms with van der Waals surface area (Å²) in [4.78, 5) is 10.8. The Labute approximate surface area is 126 Å². The molecule has 0 amide bonds. The van der Waals surface area contributed by atoms with E-state index in [1.807, 2.05) is 0 Å². The van der Waals surface area contributed by atoms with E-state index in [9.17, 15) is 25.2 Å². The summed E-state index contributed by atoms with van der Waals surface area (Å²) in [6.45, 7) is 0. The summed E-state index contributed by atoms with van der Waals surface area (Å²) in [6, 6.07) is 8.38. The van der Waals surface area contributed by atoms with Gasteiger partial charge in [0.05, 0.1) is 0 Å². The number of phenols is 4. The number of aromatic hydroxyl groups is 4. The van der Waals surface area contributed by atoms with Crippen LogP contribution in [0.3, 0.4) is 0 Å². The van der Waals surface area contributed by atoms with Crippen molar-refractivity contribution in [2.45, 2.75) is 18.8 Å². The summed E-state index contributed by atoms with van der Waals surface area (Å²) in [5.74, 6) is -2.50. The molecule has 0 bridgehead atoms. The zero-order chi connectivity index (χ0) is 16.3. The smallest absolute Gasteiger partial charge is 0.303 e. The second-order valence-electron chi connectivity index (χ2n) is 4.98. The molecule has 5 N–H and O–H groups in total. The first-order valence-electron chi connectivity index (χ1n) is 6.64. The minimum absolute atomic E-state index is 0.0681. The van der Waals surface area contributed by atoms with Gasteiger partial charge < -0.3 is 25.5 Å². The van der Waals surface area contributed by atoms with Crippen LogP contribution in [0.4, 0.5) is 0 Å². The fourth-order valence-corrected chi connectivity index (χ4v) is 2.34. The average Bonchev–Trinajstić information content (AvgIpc) is 2.45. The Balaban J connectivity index is 2.46. The number of aliphatic carboxylic acids is 1. The highest BCUT2D eigenvalue weighted by atomic mass is 16.4. The third-order valence-corrected chi connectivity index (χ3v) is 3.44. The number of carbonyl (C=O) groups is 1. The highest BCUT2D eigenvalue weighted by Crippen LogP contribution is 2.40. The lowest BCUT2D eigenvalue weighted by molar-refractivity contribution is -0.137. The van der Waals surface area contributed by atoms with E-state index in [-0.39, 0.29) is 24.3 Å². The molecule has 0 fully saturated rings. The minimum Gasteiger partial charge on any atom is -0.508 e. The number of rotatable bonds is 5. The zero-order valence-corrected chi connectivity index (χ0v) is 11.6. The summed E-state index contributed by atoms with van der Waals surface area (Å²) in [7, 11) is 0. The zero-order valence-electron chi connectivity index (χ0n) is 11.6. The van der Waals surface area contributed by atoms with Gasteiger partial charge in [-0.2, -0.15) is 0 Å². The Morgan fingerprint density at radius 3 is 2.09 bits per heavy atom. The highest BCUT2D eigenvalue weighted by Gasteiger charge is 2.21. The van der Waals surface area contributed by atoms with Crippen LogP contribution in [-0.4, -0.2) is 31.5 Å². The normalized spacial score (nSPS) is 12.0. The number of carboxylic acid groups (broad SMARTS) is 1. The van der Waals surface area contributed by atoms with Gasteiger partial charge in [-0.3, -0.25) is 4.79 Å². The largest absolute Gasteiger partial charge is 0.508 e. The molecule has 22 heavy (non-hydrogen) atoms. The number of phenolic OH excluding ortho intramolecular Hbond substituents is 4. The molecule has 0 radical (unpaired) electrons. The summed E-state index contributed by atoms with van der Waals surface area (Å²) in [5, 5.41) is 47.2. The number of hydrogen-bond acceptors (Lipinski definition) is 5. The molecule has 0 aliphatic rings. The van der Waals surface area contributed by atoms with Crippen molar-refractivity contribution in [1.82, 2.24) is 0 Å². The quantitative estimate of drug-likeness (QED) is 0.428. The van der Waals surface area contributed by atoms with E-state index in [0.29, 0.717) is 11.1 Å². The van der Waals surface area contributed by atoms with Gasteiger partial charge in [-0.05, 0) is 30.2 Å². The third kappa shape index (κ3) is 3.41. The second kappa shape index (κ2) is 6.26. The van der Waals surface area contributed by atoms with Gasteiger partial charge >= 0.3 is 5.97 Å². The molecule has 0 saturated heterocycles. The number of carboxylic acids is 1. The topological polar surface area (TPSA) is 118 Å². The van der Waals surface area contributed by atoms with Crippen LogP contribution in [0.2, 0.25) is 0 Å². The van der Waals surface area contributed by atoms with Crippen molar-refractivity contribution >= 4 is 5.97 Å². The van der Waals surface area contributed by atoms with Crippen molar-refractivity contribution in [2.75, 3.05) is 0 Å². The van der Waals surface area contributed by atoms with Crippen LogP contribution in [-0.2, 0) is 4.79 Å². The number of benzene rings is 2. The highest BCUT2D eigenvalue weighted by molar-refractivity contribution is 5.67. The van der Waals surface area contributed by atoms with Gasteiger partial charge in [0.1, 0.15) is 11.5 Å². The lowest BCUT2D eigenvalue weighted by atomic mass is 9.86. The molecule has 0 aliphatic heterocycles. The number of hydrogen-bond donors (Lipinski definition) is 5. The Kier molecular flexibility index (Phi) is 4.41. The fraction of sp³-hybridized carbons (Fsp3) is 0.188. The molecule has 2 aromatic carbocycles. The Morgan fingerprint density at radius 1 is 0.909 bits per heavy atom. The molecule has 1 unspecified atom stereocenters. The second-order valence-corrected chi connectivity index (χ2v) is 4.98. The molecule has 2 aromatic rings. The van der Waals surface area contributed by atoms with Gasteiger partial charge in [-0.1, -0.05) is 12.1 Å². The lowest BCUT2D eigenvalue weighted by Crippen LogP contribution is -2.05. The van der Waals surface area contributed by atoms with Crippen molar-refractivity contribution in [3.63, 3.8) is 0 Å². The molecule has 116 valence electrons. The summed E-state index contributed by atoms with van der Waals surface area (Å²) >= 11 is 0. The van der Waals surface area contributed by atoms with E-state index in [0.717, 1.165) is 6.07 Å². The van der Waals surface area contributed by atoms with Crippen molar-refractivity contribution in [1.29, 1.82) is 0 Å². The maximum atomic E-state index is 10.8. The van der Waals surface area contributed by atoms with Crippen molar-refractivity contribution < 1.29 is 30.3 Å².